The van der Waals surface area contributed by atoms with Gasteiger partial charge in [-0.1, -0.05) is 12.2 Å². The quantitative estimate of drug-likeness (QED) is 0.332. The number of methoxy groups -OCH3 is 1. The molecule has 122 valence electrons. The molecule has 1 aliphatic carbocycles. The van der Waals surface area contributed by atoms with Crippen LogP contribution in [0.1, 0.15) is 6.42 Å². The first kappa shape index (κ1) is 15.6. The number of hydrogen-bond acceptors (Lipinski definition) is 6. The fourth-order valence-corrected chi connectivity index (χ4v) is 3.22. The van der Waals surface area contributed by atoms with Crippen LogP contribution in [0.2, 0.25) is 0 Å². The highest BCUT2D eigenvalue weighted by molar-refractivity contribution is 6.11. The Morgan fingerprint density at radius 2 is 1.95 bits per heavy atom. The van der Waals surface area contributed by atoms with E-state index < -0.39 is 5.60 Å². The maximum Gasteiger partial charge on any atom is 0.262 e. The SMILES string of the molecule is COCCOCCOCCN1C(=O)C2C3C=CCC2(O3)C1=O. The third-order valence-electron chi connectivity index (χ3n) is 4.33. The average molecular weight is 311 g/mol. The smallest absolute Gasteiger partial charge is 0.262 e. The average Bonchev–Trinajstić information content (AvgIpc) is 2.68. The number of ether oxygens (including phenoxy) is 4. The molecular weight excluding hydrogens is 290 g/mol. The number of carbonyl (C=O) groups excluding carboxylic acids is 2. The minimum absolute atomic E-state index is 0.134. The number of carbonyl (C=O) groups is 2. The van der Waals surface area contributed by atoms with E-state index in [-0.39, 0.29) is 30.4 Å². The Labute approximate surface area is 129 Å². The van der Waals surface area contributed by atoms with Crippen LogP contribution in [0.3, 0.4) is 0 Å². The van der Waals surface area contributed by atoms with Crippen molar-refractivity contribution in [2.24, 2.45) is 5.92 Å². The van der Waals surface area contributed by atoms with Crippen LogP contribution in [0.5, 0.6) is 0 Å². The first-order valence-electron chi connectivity index (χ1n) is 7.55. The maximum atomic E-state index is 12.4. The second-order valence-corrected chi connectivity index (χ2v) is 5.59. The molecule has 22 heavy (non-hydrogen) atoms. The Morgan fingerprint density at radius 1 is 1.23 bits per heavy atom. The molecule has 0 aromatic rings. The van der Waals surface area contributed by atoms with E-state index in [1.165, 1.54) is 4.90 Å². The van der Waals surface area contributed by atoms with Gasteiger partial charge in [0.2, 0.25) is 5.91 Å². The second kappa shape index (κ2) is 6.45. The summed E-state index contributed by atoms with van der Waals surface area (Å²) in [6.45, 7) is 2.55. The lowest BCUT2D eigenvalue weighted by Gasteiger charge is -2.48. The minimum atomic E-state index is -0.917. The highest BCUT2D eigenvalue weighted by Gasteiger charge is 2.71. The molecule has 0 spiro atoms. The fourth-order valence-electron chi connectivity index (χ4n) is 3.22. The first-order valence-corrected chi connectivity index (χ1v) is 7.55. The topological polar surface area (TPSA) is 74.3 Å². The molecule has 2 saturated heterocycles. The van der Waals surface area contributed by atoms with Crippen molar-refractivity contribution in [2.45, 2.75) is 18.1 Å². The van der Waals surface area contributed by atoms with E-state index in [4.69, 9.17) is 18.9 Å². The van der Waals surface area contributed by atoms with Crippen LogP contribution in [0.4, 0.5) is 0 Å². The molecule has 0 aromatic heterocycles. The van der Waals surface area contributed by atoms with Gasteiger partial charge in [0.15, 0.2) is 5.60 Å². The molecule has 3 aliphatic rings. The Morgan fingerprint density at radius 3 is 2.64 bits per heavy atom. The molecule has 3 unspecified atom stereocenters. The van der Waals surface area contributed by atoms with Crippen LogP contribution < -0.4 is 0 Å². The molecule has 2 heterocycles. The summed E-state index contributed by atoms with van der Waals surface area (Å²) in [7, 11) is 1.62. The molecule has 0 radical (unpaired) electrons. The van der Waals surface area contributed by atoms with Gasteiger partial charge < -0.3 is 18.9 Å². The van der Waals surface area contributed by atoms with E-state index in [0.717, 1.165) is 0 Å². The van der Waals surface area contributed by atoms with E-state index >= 15 is 0 Å². The van der Waals surface area contributed by atoms with Crippen LogP contribution >= 0.6 is 0 Å². The molecule has 2 fully saturated rings. The number of likely N-dealkylation sites (tertiary alicyclic amines) is 1. The van der Waals surface area contributed by atoms with Crippen molar-refractivity contribution in [3.63, 3.8) is 0 Å². The highest BCUT2D eigenvalue weighted by atomic mass is 16.6. The maximum absolute atomic E-state index is 12.4. The zero-order valence-electron chi connectivity index (χ0n) is 12.7. The minimum Gasteiger partial charge on any atom is -0.382 e. The van der Waals surface area contributed by atoms with Crippen molar-refractivity contribution >= 4 is 11.8 Å². The molecule has 0 aromatic carbocycles. The van der Waals surface area contributed by atoms with E-state index in [2.05, 4.69) is 0 Å². The third kappa shape index (κ3) is 2.48. The third-order valence-corrected chi connectivity index (χ3v) is 4.33. The Hall–Kier alpha value is -1.28. The Bertz CT molecular complexity index is 479. The van der Waals surface area contributed by atoms with Crippen LogP contribution in [0.25, 0.3) is 0 Å². The van der Waals surface area contributed by atoms with E-state index in [9.17, 15) is 9.59 Å². The van der Waals surface area contributed by atoms with Gasteiger partial charge in [0.1, 0.15) is 5.92 Å². The summed E-state index contributed by atoms with van der Waals surface area (Å²) in [5.74, 6) is -0.684. The molecule has 2 aliphatic heterocycles. The van der Waals surface area contributed by atoms with Gasteiger partial charge in [0.25, 0.3) is 5.91 Å². The van der Waals surface area contributed by atoms with Gasteiger partial charge in [-0.3, -0.25) is 14.5 Å². The van der Waals surface area contributed by atoms with E-state index in [1.807, 2.05) is 12.2 Å². The number of nitrogens with zero attached hydrogens (tertiary/aromatic N) is 1. The molecule has 2 amide bonds. The number of amides is 2. The number of hydrogen-bond donors (Lipinski definition) is 0. The highest BCUT2D eigenvalue weighted by Crippen LogP contribution is 2.52. The molecule has 7 heteroatoms. The lowest BCUT2D eigenvalue weighted by Crippen LogP contribution is -2.63. The zero-order chi connectivity index (χ0) is 15.6. The molecule has 3 atom stereocenters. The first-order chi connectivity index (χ1) is 10.7. The zero-order valence-corrected chi connectivity index (χ0v) is 12.7. The predicted molar refractivity (Wildman–Crippen MR) is 75.1 cm³/mol. The van der Waals surface area contributed by atoms with Crippen molar-refractivity contribution in [1.82, 2.24) is 4.90 Å². The van der Waals surface area contributed by atoms with Crippen LogP contribution in [0, 0.1) is 5.92 Å². The van der Waals surface area contributed by atoms with Crippen molar-refractivity contribution in [3.8, 4) is 0 Å². The Balaban J connectivity index is 1.39. The van der Waals surface area contributed by atoms with Gasteiger partial charge in [-0.15, -0.1) is 0 Å². The fraction of sp³-hybridized carbons (Fsp3) is 0.733. The molecule has 0 saturated carbocycles. The van der Waals surface area contributed by atoms with Gasteiger partial charge in [-0.05, 0) is 0 Å². The molecule has 0 N–H and O–H groups in total. The Kier molecular flexibility index (Phi) is 4.58. The monoisotopic (exact) mass is 311 g/mol. The lowest BCUT2D eigenvalue weighted by atomic mass is 9.73. The van der Waals surface area contributed by atoms with Crippen molar-refractivity contribution in [3.05, 3.63) is 12.2 Å². The van der Waals surface area contributed by atoms with Crippen molar-refractivity contribution < 1.29 is 28.5 Å². The summed E-state index contributed by atoms with van der Waals surface area (Å²) in [5.41, 5.74) is -0.917. The van der Waals surface area contributed by atoms with E-state index in [1.54, 1.807) is 7.11 Å². The van der Waals surface area contributed by atoms with Gasteiger partial charge in [0.05, 0.1) is 45.7 Å². The largest absolute Gasteiger partial charge is 0.382 e. The van der Waals surface area contributed by atoms with Crippen molar-refractivity contribution in [2.75, 3.05) is 46.7 Å². The molecular formula is C15H21NO6. The summed E-state index contributed by atoms with van der Waals surface area (Å²) < 4.78 is 21.1. The molecule has 3 rings (SSSR count). The normalized spacial score (nSPS) is 32.3. The van der Waals surface area contributed by atoms with Crippen molar-refractivity contribution in [1.29, 1.82) is 0 Å². The van der Waals surface area contributed by atoms with Gasteiger partial charge in [0, 0.05) is 13.5 Å². The number of rotatable bonds is 9. The number of imide groups is 1. The molecule has 7 nitrogen and oxygen atoms in total. The lowest BCUT2D eigenvalue weighted by molar-refractivity contribution is -0.221. The summed E-state index contributed by atoms with van der Waals surface area (Å²) in [6, 6.07) is 0. The van der Waals surface area contributed by atoms with Gasteiger partial charge >= 0.3 is 0 Å². The van der Waals surface area contributed by atoms with Crippen LogP contribution in [-0.2, 0) is 28.5 Å². The van der Waals surface area contributed by atoms with E-state index in [0.29, 0.717) is 39.5 Å². The van der Waals surface area contributed by atoms with Crippen LogP contribution in [0.15, 0.2) is 12.2 Å². The van der Waals surface area contributed by atoms with Gasteiger partial charge in [-0.2, -0.15) is 0 Å². The summed E-state index contributed by atoms with van der Waals surface area (Å²) in [5, 5.41) is 0. The summed E-state index contributed by atoms with van der Waals surface area (Å²) >= 11 is 0. The predicted octanol–water partition coefficient (Wildman–Crippen LogP) is -0.251. The summed E-state index contributed by atoms with van der Waals surface area (Å²) in [6.07, 6.45) is 4.05. The van der Waals surface area contributed by atoms with Gasteiger partial charge in [-0.25, -0.2) is 0 Å². The van der Waals surface area contributed by atoms with Crippen LogP contribution in [-0.4, -0.2) is 75.1 Å². The summed E-state index contributed by atoms with van der Waals surface area (Å²) in [4.78, 5) is 26.0. The second-order valence-electron chi connectivity index (χ2n) is 5.59. The molecule has 2 bridgehead atoms. The standard InChI is InChI=1S/C15H21NO6/c1-19-7-8-21-10-9-20-6-5-16-13(17)12-11-3-2-4-15(12,22-11)14(16)18/h2-3,11-12H,4-10H2,1H3.